The Morgan fingerprint density at radius 3 is 2.45 bits per heavy atom. The quantitative estimate of drug-likeness (QED) is 0.811. The molecule has 2 rings (SSSR count). The minimum absolute atomic E-state index is 0.0723. The van der Waals surface area contributed by atoms with Crippen LogP contribution in [0.2, 0.25) is 0 Å². The molecule has 0 atom stereocenters. The van der Waals surface area contributed by atoms with E-state index in [2.05, 4.69) is 6.92 Å². The summed E-state index contributed by atoms with van der Waals surface area (Å²) < 4.78 is 0. The SMILES string of the molecule is CCCN(C(=O)c1ccc(C=CC(=O)O)cc1)C1CC1. The molecule has 106 valence electrons. The molecule has 1 aromatic carbocycles. The lowest BCUT2D eigenvalue weighted by atomic mass is 10.1. The number of rotatable bonds is 6. The van der Waals surface area contributed by atoms with Crippen molar-refractivity contribution >= 4 is 18.0 Å². The zero-order valence-corrected chi connectivity index (χ0v) is 11.6. The van der Waals surface area contributed by atoms with Crippen molar-refractivity contribution in [1.82, 2.24) is 4.90 Å². The number of benzene rings is 1. The maximum absolute atomic E-state index is 12.4. The first-order valence-electron chi connectivity index (χ1n) is 6.94. The summed E-state index contributed by atoms with van der Waals surface area (Å²) in [6.07, 6.45) is 5.77. The van der Waals surface area contributed by atoms with E-state index in [0.717, 1.165) is 37.4 Å². The average molecular weight is 273 g/mol. The molecular weight excluding hydrogens is 254 g/mol. The molecule has 0 radical (unpaired) electrons. The first-order valence-corrected chi connectivity index (χ1v) is 6.94. The van der Waals surface area contributed by atoms with E-state index in [9.17, 15) is 9.59 Å². The molecule has 0 unspecified atom stereocenters. The molecule has 4 nitrogen and oxygen atoms in total. The molecular formula is C16H19NO3. The predicted octanol–water partition coefficient (Wildman–Crippen LogP) is 2.80. The van der Waals surface area contributed by atoms with Crippen molar-refractivity contribution in [2.45, 2.75) is 32.2 Å². The first-order chi connectivity index (χ1) is 9.61. The summed E-state index contributed by atoms with van der Waals surface area (Å²) in [5.74, 6) is -0.906. The summed E-state index contributed by atoms with van der Waals surface area (Å²) in [4.78, 5) is 24.8. The van der Waals surface area contributed by atoms with Crippen LogP contribution in [-0.2, 0) is 4.79 Å². The van der Waals surface area contributed by atoms with E-state index in [1.54, 1.807) is 24.3 Å². The number of aliphatic carboxylic acids is 1. The van der Waals surface area contributed by atoms with Gasteiger partial charge >= 0.3 is 5.97 Å². The minimum atomic E-state index is -0.979. The van der Waals surface area contributed by atoms with Crippen LogP contribution in [0.25, 0.3) is 6.08 Å². The molecule has 1 N–H and O–H groups in total. The van der Waals surface area contributed by atoms with Crippen LogP contribution in [0.4, 0.5) is 0 Å². The van der Waals surface area contributed by atoms with Crippen molar-refractivity contribution < 1.29 is 14.7 Å². The lowest BCUT2D eigenvalue weighted by Crippen LogP contribution is -2.33. The van der Waals surface area contributed by atoms with Gasteiger partial charge in [-0.1, -0.05) is 19.1 Å². The molecule has 0 saturated heterocycles. The van der Waals surface area contributed by atoms with Crippen LogP contribution >= 0.6 is 0 Å². The third kappa shape index (κ3) is 3.70. The highest BCUT2D eigenvalue weighted by molar-refractivity contribution is 5.95. The van der Waals surface area contributed by atoms with Crippen LogP contribution in [0.1, 0.15) is 42.1 Å². The van der Waals surface area contributed by atoms with Crippen LogP contribution in [0.15, 0.2) is 30.3 Å². The number of carboxylic acid groups (broad SMARTS) is 1. The van der Waals surface area contributed by atoms with Gasteiger partial charge in [-0.3, -0.25) is 4.79 Å². The molecule has 0 aromatic heterocycles. The Hall–Kier alpha value is -2.10. The Morgan fingerprint density at radius 2 is 1.95 bits per heavy atom. The Morgan fingerprint density at radius 1 is 1.30 bits per heavy atom. The fourth-order valence-corrected chi connectivity index (χ4v) is 2.15. The van der Waals surface area contributed by atoms with Gasteiger partial charge in [0.1, 0.15) is 0 Å². The fourth-order valence-electron chi connectivity index (χ4n) is 2.15. The van der Waals surface area contributed by atoms with Crippen molar-refractivity contribution in [2.75, 3.05) is 6.54 Å². The second kappa shape index (κ2) is 6.37. The number of hydrogen-bond acceptors (Lipinski definition) is 2. The molecule has 1 aliphatic carbocycles. The van der Waals surface area contributed by atoms with Crippen LogP contribution in [0, 0.1) is 0 Å². The smallest absolute Gasteiger partial charge is 0.328 e. The first kappa shape index (κ1) is 14.3. The van der Waals surface area contributed by atoms with Gasteiger partial charge in [-0.2, -0.15) is 0 Å². The highest BCUT2D eigenvalue weighted by atomic mass is 16.4. The summed E-state index contributed by atoms with van der Waals surface area (Å²) in [6.45, 7) is 2.87. The summed E-state index contributed by atoms with van der Waals surface area (Å²) in [7, 11) is 0. The summed E-state index contributed by atoms with van der Waals surface area (Å²) in [6, 6.07) is 7.46. The van der Waals surface area contributed by atoms with Crippen LogP contribution in [0.5, 0.6) is 0 Å². The van der Waals surface area contributed by atoms with Gasteiger partial charge in [0.05, 0.1) is 0 Å². The maximum Gasteiger partial charge on any atom is 0.328 e. The number of amides is 1. The number of nitrogens with zero attached hydrogens (tertiary/aromatic N) is 1. The molecule has 1 aliphatic rings. The van der Waals surface area contributed by atoms with Gasteiger partial charge in [-0.05, 0) is 43.0 Å². The van der Waals surface area contributed by atoms with Crippen molar-refractivity contribution in [1.29, 1.82) is 0 Å². The largest absolute Gasteiger partial charge is 0.478 e. The van der Waals surface area contributed by atoms with Gasteiger partial charge in [0.25, 0.3) is 5.91 Å². The fraction of sp³-hybridized carbons (Fsp3) is 0.375. The van der Waals surface area contributed by atoms with Crippen LogP contribution in [0.3, 0.4) is 0 Å². The van der Waals surface area contributed by atoms with E-state index < -0.39 is 5.97 Å². The van der Waals surface area contributed by atoms with Gasteiger partial charge in [0.15, 0.2) is 0 Å². The number of carboxylic acids is 1. The van der Waals surface area contributed by atoms with Crippen molar-refractivity contribution in [2.24, 2.45) is 0 Å². The van der Waals surface area contributed by atoms with Crippen molar-refractivity contribution in [3.05, 3.63) is 41.5 Å². The molecule has 20 heavy (non-hydrogen) atoms. The second-order valence-electron chi connectivity index (χ2n) is 5.02. The third-order valence-corrected chi connectivity index (χ3v) is 3.29. The highest BCUT2D eigenvalue weighted by Gasteiger charge is 2.32. The molecule has 4 heteroatoms. The Labute approximate surface area is 118 Å². The zero-order valence-electron chi connectivity index (χ0n) is 11.6. The predicted molar refractivity (Wildman–Crippen MR) is 77.5 cm³/mol. The van der Waals surface area contributed by atoms with Crippen LogP contribution in [-0.4, -0.2) is 34.5 Å². The molecule has 1 aromatic rings. The minimum Gasteiger partial charge on any atom is -0.478 e. The van der Waals surface area contributed by atoms with Crippen molar-refractivity contribution in [3.8, 4) is 0 Å². The van der Waals surface area contributed by atoms with Gasteiger partial charge in [-0.15, -0.1) is 0 Å². The zero-order chi connectivity index (χ0) is 14.5. The monoisotopic (exact) mass is 273 g/mol. The second-order valence-corrected chi connectivity index (χ2v) is 5.02. The Kier molecular flexibility index (Phi) is 4.56. The number of hydrogen-bond donors (Lipinski definition) is 1. The van der Waals surface area contributed by atoms with E-state index in [4.69, 9.17) is 5.11 Å². The standard InChI is InChI=1S/C16H19NO3/c1-2-11-17(14-8-9-14)16(20)13-6-3-12(4-7-13)5-10-15(18)19/h3-7,10,14H,2,8-9,11H2,1H3,(H,18,19). The summed E-state index contributed by atoms with van der Waals surface area (Å²) >= 11 is 0. The van der Waals surface area contributed by atoms with Gasteiger partial charge in [0.2, 0.25) is 0 Å². The number of carbonyl (C=O) groups is 2. The highest BCUT2D eigenvalue weighted by Crippen LogP contribution is 2.28. The van der Waals surface area contributed by atoms with Gasteiger partial charge in [0, 0.05) is 24.2 Å². The van der Waals surface area contributed by atoms with E-state index in [1.165, 1.54) is 6.08 Å². The lowest BCUT2D eigenvalue weighted by molar-refractivity contribution is -0.131. The lowest BCUT2D eigenvalue weighted by Gasteiger charge is -2.21. The van der Waals surface area contributed by atoms with E-state index in [0.29, 0.717) is 11.6 Å². The van der Waals surface area contributed by atoms with Crippen molar-refractivity contribution in [3.63, 3.8) is 0 Å². The Bertz CT molecular complexity index is 515. The molecule has 1 amide bonds. The van der Waals surface area contributed by atoms with E-state index >= 15 is 0 Å². The van der Waals surface area contributed by atoms with Crippen LogP contribution < -0.4 is 0 Å². The summed E-state index contributed by atoms with van der Waals surface area (Å²) in [5, 5.41) is 8.57. The van der Waals surface area contributed by atoms with E-state index in [-0.39, 0.29) is 5.91 Å². The summed E-state index contributed by atoms with van der Waals surface area (Å²) in [5.41, 5.74) is 1.44. The molecule has 0 aliphatic heterocycles. The van der Waals surface area contributed by atoms with Gasteiger partial charge in [-0.25, -0.2) is 4.79 Å². The topological polar surface area (TPSA) is 57.6 Å². The average Bonchev–Trinajstić information content (AvgIpc) is 3.27. The molecule has 0 bridgehead atoms. The molecule has 1 fully saturated rings. The molecule has 1 saturated carbocycles. The number of carbonyl (C=O) groups excluding carboxylic acids is 1. The molecule has 0 heterocycles. The normalized spacial score (nSPS) is 14.4. The maximum atomic E-state index is 12.4. The van der Waals surface area contributed by atoms with E-state index in [1.807, 2.05) is 4.90 Å². The third-order valence-electron chi connectivity index (χ3n) is 3.29. The molecule has 0 spiro atoms. The Balaban J connectivity index is 2.08. The van der Waals surface area contributed by atoms with Gasteiger partial charge < -0.3 is 10.0 Å².